The van der Waals surface area contributed by atoms with Crippen LogP contribution in [0.2, 0.25) is 0 Å². The molecule has 0 atom stereocenters. The van der Waals surface area contributed by atoms with E-state index in [1.54, 1.807) is 19.1 Å². The first-order valence-electron chi connectivity index (χ1n) is 4.99. The second kappa shape index (κ2) is 5.04. The molecule has 0 unspecified atom stereocenters. The number of alkyl halides is 3. The van der Waals surface area contributed by atoms with Gasteiger partial charge in [0.15, 0.2) is 0 Å². The summed E-state index contributed by atoms with van der Waals surface area (Å²) in [6.45, 7) is 1.55. The van der Waals surface area contributed by atoms with Crippen LogP contribution in [0.15, 0.2) is 12.1 Å². The van der Waals surface area contributed by atoms with Crippen molar-refractivity contribution in [3.05, 3.63) is 23.4 Å². The van der Waals surface area contributed by atoms with Crippen LogP contribution in [0.3, 0.4) is 0 Å². The molecule has 0 aromatic carbocycles. The largest absolute Gasteiger partial charge is 0.390 e. The fourth-order valence-corrected chi connectivity index (χ4v) is 1.25. The maximum Gasteiger partial charge on any atom is 0.390 e. The number of pyridine rings is 1. The zero-order valence-corrected chi connectivity index (χ0v) is 9.54. The monoisotopic (exact) mass is 243 g/mol. The van der Waals surface area contributed by atoms with E-state index in [1.807, 2.05) is 6.07 Å². The van der Waals surface area contributed by atoms with Crippen LogP contribution in [-0.4, -0.2) is 24.8 Å². The number of halogens is 3. The van der Waals surface area contributed by atoms with Crippen molar-refractivity contribution in [2.75, 3.05) is 18.5 Å². The Morgan fingerprint density at radius 2 is 2.06 bits per heavy atom. The van der Waals surface area contributed by atoms with Crippen LogP contribution in [0, 0.1) is 18.3 Å². The molecule has 0 radical (unpaired) electrons. The van der Waals surface area contributed by atoms with Crippen LogP contribution in [0.25, 0.3) is 0 Å². The van der Waals surface area contributed by atoms with E-state index >= 15 is 0 Å². The first-order chi connectivity index (χ1) is 7.83. The molecule has 3 nitrogen and oxygen atoms in total. The Labute approximate surface area is 97.5 Å². The molecule has 0 aliphatic carbocycles. The van der Waals surface area contributed by atoms with Crippen molar-refractivity contribution in [2.45, 2.75) is 19.5 Å². The van der Waals surface area contributed by atoms with Crippen LogP contribution in [-0.2, 0) is 0 Å². The molecule has 17 heavy (non-hydrogen) atoms. The zero-order chi connectivity index (χ0) is 13.1. The summed E-state index contributed by atoms with van der Waals surface area (Å²) < 4.78 is 36.1. The van der Waals surface area contributed by atoms with Gasteiger partial charge in [0.05, 0.1) is 6.42 Å². The van der Waals surface area contributed by atoms with Gasteiger partial charge in [0.2, 0.25) is 0 Å². The summed E-state index contributed by atoms with van der Waals surface area (Å²) in [5.74, 6) is 0.372. The van der Waals surface area contributed by atoms with Crippen molar-refractivity contribution < 1.29 is 13.2 Å². The molecule has 1 rings (SSSR count). The van der Waals surface area contributed by atoms with E-state index in [-0.39, 0.29) is 12.2 Å². The number of rotatable bonds is 3. The molecule has 1 heterocycles. The van der Waals surface area contributed by atoms with E-state index in [2.05, 4.69) is 4.98 Å². The lowest BCUT2D eigenvalue weighted by atomic mass is 10.2. The van der Waals surface area contributed by atoms with E-state index in [1.165, 1.54) is 11.9 Å². The Morgan fingerprint density at radius 1 is 1.41 bits per heavy atom. The fraction of sp³-hybridized carbons (Fsp3) is 0.455. The van der Waals surface area contributed by atoms with Gasteiger partial charge in [0.25, 0.3) is 0 Å². The summed E-state index contributed by atoms with van der Waals surface area (Å²) >= 11 is 0. The summed E-state index contributed by atoms with van der Waals surface area (Å²) in [6.07, 6.45) is -5.09. The Hall–Kier alpha value is -1.77. The SMILES string of the molecule is Cc1ccc(N(C)CCC(F)(F)F)nc1C#N. The van der Waals surface area contributed by atoms with Gasteiger partial charge < -0.3 is 4.90 Å². The minimum atomic E-state index is -4.18. The number of anilines is 1. The number of hydrogen-bond donors (Lipinski definition) is 0. The number of hydrogen-bond acceptors (Lipinski definition) is 3. The molecular formula is C11H12F3N3. The highest BCUT2D eigenvalue weighted by Gasteiger charge is 2.27. The summed E-state index contributed by atoms with van der Waals surface area (Å²) in [6, 6.07) is 5.18. The van der Waals surface area contributed by atoms with Crippen LogP contribution >= 0.6 is 0 Å². The van der Waals surface area contributed by atoms with Gasteiger partial charge in [-0.05, 0) is 18.6 Å². The molecule has 0 saturated carbocycles. The zero-order valence-electron chi connectivity index (χ0n) is 9.54. The lowest BCUT2D eigenvalue weighted by Gasteiger charge is -2.19. The first-order valence-corrected chi connectivity index (χ1v) is 4.99. The van der Waals surface area contributed by atoms with E-state index < -0.39 is 12.6 Å². The van der Waals surface area contributed by atoms with Crippen molar-refractivity contribution >= 4 is 5.82 Å². The van der Waals surface area contributed by atoms with Crippen molar-refractivity contribution in [2.24, 2.45) is 0 Å². The minimum Gasteiger partial charge on any atom is -0.359 e. The fourth-order valence-electron chi connectivity index (χ4n) is 1.25. The van der Waals surface area contributed by atoms with Crippen LogP contribution in [0.1, 0.15) is 17.7 Å². The predicted molar refractivity (Wildman–Crippen MR) is 57.6 cm³/mol. The standard InChI is InChI=1S/C11H12F3N3/c1-8-3-4-10(16-9(8)7-15)17(2)6-5-11(12,13)14/h3-4H,5-6H2,1-2H3. The smallest absolute Gasteiger partial charge is 0.359 e. The highest BCUT2D eigenvalue weighted by molar-refractivity contribution is 5.44. The Bertz CT molecular complexity index is 435. The van der Waals surface area contributed by atoms with Crippen molar-refractivity contribution in [1.82, 2.24) is 4.98 Å². The van der Waals surface area contributed by atoms with Crippen LogP contribution < -0.4 is 4.90 Å². The molecule has 0 fully saturated rings. The number of nitrogens with zero attached hydrogens (tertiary/aromatic N) is 3. The van der Waals surface area contributed by atoms with E-state index in [0.717, 1.165) is 0 Å². The van der Waals surface area contributed by atoms with Crippen LogP contribution in [0.5, 0.6) is 0 Å². The molecule has 0 aliphatic rings. The van der Waals surface area contributed by atoms with Gasteiger partial charge in [-0.25, -0.2) is 4.98 Å². The van der Waals surface area contributed by atoms with E-state index in [9.17, 15) is 13.2 Å². The summed E-state index contributed by atoms with van der Waals surface area (Å²) in [7, 11) is 1.52. The predicted octanol–water partition coefficient (Wildman–Crippen LogP) is 2.65. The molecule has 92 valence electrons. The average molecular weight is 243 g/mol. The molecule has 0 N–H and O–H groups in total. The van der Waals surface area contributed by atoms with Gasteiger partial charge in [0.1, 0.15) is 17.6 Å². The maximum atomic E-state index is 12.0. The van der Waals surface area contributed by atoms with Crippen molar-refractivity contribution in [1.29, 1.82) is 5.26 Å². The number of aromatic nitrogens is 1. The van der Waals surface area contributed by atoms with E-state index in [0.29, 0.717) is 11.4 Å². The van der Waals surface area contributed by atoms with Crippen molar-refractivity contribution in [3.63, 3.8) is 0 Å². The number of aryl methyl sites for hydroxylation is 1. The Morgan fingerprint density at radius 3 is 2.59 bits per heavy atom. The molecular weight excluding hydrogens is 231 g/mol. The minimum absolute atomic E-state index is 0.176. The molecule has 1 aromatic heterocycles. The quantitative estimate of drug-likeness (QED) is 0.819. The van der Waals surface area contributed by atoms with Crippen molar-refractivity contribution in [3.8, 4) is 6.07 Å². The lowest BCUT2D eigenvalue weighted by Crippen LogP contribution is -2.25. The molecule has 0 spiro atoms. The summed E-state index contributed by atoms with van der Waals surface area (Å²) in [5, 5.41) is 8.77. The molecule has 0 saturated heterocycles. The van der Waals surface area contributed by atoms with Gasteiger partial charge in [-0.1, -0.05) is 6.07 Å². The second-order valence-electron chi connectivity index (χ2n) is 3.73. The Balaban J connectivity index is 2.77. The van der Waals surface area contributed by atoms with Crippen LogP contribution in [0.4, 0.5) is 19.0 Å². The Kier molecular flexibility index (Phi) is 3.94. The van der Waals surface area contributed by atoms with Gasteiger partial charge in [-0.2, -0.15) is 18.4 Å². The molecule has 0 aliphatic heterocycles. The van der Waals surface area contributed by atoms with Gasteiger partial charge in [0, 0.05) is 13.6 Å². The maximum absolute atomic E-state index is 12.0. The normalized spacial score (nSPS) is 11.1. The summed E-state index contributed by atoms with van der Waals surface area (Å²) in [5.41, 5.74) is 0.946. The third-order valence-corrected chi connectivity index (χ3v) is 2.31. The third-order valence-electron chi connectivity index (χ3n) is 2.31. The average Bonchev–Trinajstić information content (AvgIpc) is 2.25. The van der Waals surface area contributed by atoms with Gasteiger partial charge in [-0.15, -0.1) is 0 Å². The number of nitriles is 1. The van der Waals surface area contributed by atoms with Gasteiger partial charge in [-0.3, -0.25) is 0 Å². The highest BCUT2D eigenvalue weighted by Crippen LogP contribution is 2.21. The summed E-state index contributed by atoms with van der Waals surface area (Å²) in [4.78, 5) is 5.37. The van der Waals surface area contributed by atoms with Gasteiger partial charge >= 0.3 is 6.18 Å². The second-order valence-corrected chi connectivity index (χ2v) is 3.73. The molecule has 0 amide bonds. The topological polar surface area (TPSA) is 39.9 Å². The molecule has 1 aromatic rings. The molecule has 6 heteroatoms. The first kappa shape index (κ1) is 13.3. The van der Waals surface area contributed by atoms with E-state index in [4.69, 9.17) is 5.26 Å². The lowest BCUT2D eigenvalue weighted by molar-refractivity contribution is -0.132. The highest BCUT2D eigenvalue weighted by atomic mass is 19.4. The molecule has 0 bridgehead atoms. The third kappa shape index (κ3) is 3.94.